The predicted octanol–water partition coefficient (Wildman–Crippen LogP) is 3.73. The second kappa shape index (κ2) is 9.15. The maximum Gasteiger partial charge on any atom is 0.255 e. The quantitative estimate of drug-likeness (QED) is 0.538. The molecule has 3 aliphatic rings. The van der Waals surface area contributed by atoms with Crippen molar-refractivity contribution in [3.8, 4) is 11.3 Å². The minimum atomic E-state index is -0.704. The van der Waals surface area contributed by atoms with Crippen molar-refractivity contribution in [2.45, 2.75) is 44.4 Å². The zero-order valence-corrected chi connectivity index (χ0v) is 19.9. The molecule has 7 nitrogen and oxygen atoms in total. The number of carbonyl (C=O) groups excluding carboxylic acids is 3. The van der Waals surface area contributed by atoms with Crippen LogP contribution in [0.2, 0.25) is 0 Å². The smallest absolute Gasteiger partial charge is 0.255 e. The van der Waals surface area contributed by atoms with Gasteiger partial charge in [0.05, 0.1) is 0 Å². The normalized spacial score (nSPS) is 21.6. The molecule has 2 fully saturated rings. The predicted molar refractivity (Wildman–Crippen MR) is 130 cm³/mol. The monoisotopic (exact) mass is 502 g/mol. The van der Waals surface area contributed by atoms with Crippen molar-refractivity contribution in [1.82, 2.24) is 20.1 Å². The second-order valence-electron chi connectivity index (χ2n) is 9.73. The van der Waals surface area contributed by atoms with Gasteiger partial charge >= 0.3 is 0 Å². The number of piperidine rings is 1. The number of nitrogens with zero attached hydrogens (tertiary/aromatic N) is 3. The Labute approximate surface area is 212 Å². The molecule has 0 spiro atoms. The number of benzene rings is 2. The van der Waals surface area contributed by atoms with E-state index in [1.54, 1.807) is 42.6 Å². The Kier molecular flexibility index (Phi) is 5.79. The number of carbonyl (C=O) groups is 3. The first-order valence-corrected chi connectivity index (χ1v) is 12.3. The van der Waals surface area contributed by atoms with Crippen molar-refractivity contribution in [2.75, 3.05) is 6.54 Å². The summed E-state index contributed by atoms with van der Waals surface area (Å²) in [5.41, 5.74) is 3.43. The number of hydrogen-bond acceptors (Lipinski definition) is 5. The number of fused-ring (bicyclic) bond motifs is 1. The van der Waals surface area contributed by atoms with Crippen molar-refractivity contribution in [3.63, 3.8) is 0 Å². The minimum Gasteiger partial charge on any atom is -0.322 e. The van der Waals surface area contributed by atoms with E-state index in [0.717, 1.165) is 18.5 Å². The van der Waals surface area contributed by atoms with E-state index >= 15 is 4.39 Å². The van der Waals surface area contributed by atoms with Gasteiger partial charge in [-0.05, 0) is 54.3 Å². The van der Waals surface area contributed by atoms with Crippen molar-refractivity contribution < 1.29 is 23.2 Å². The summed E-state index contributed by atoms with van der Waals surface area (Å²) in [5.74, 6) is -1.78. The van der Waals surface area contributed by atoms with Gasteiger partial charge in [-0.15, -0.1) is 0 Å². The molecule has 2 saturated heterocycles. The Balaban J connectivity index is 1.22. The van der Waals surface area contributed by atoms with Crippen LogP contribution < -0.4 is 5.32 Å². The van der Waals surface area contributed by atoms with Gasteiger partial charge in [0.15, 0.2) is 5.82 Å². The SMILES string of the molecule is O=C1CCC(N2Cc3cc(-c4nccc(CN5CCC5c5ccc(F)cc5)c4F)ccc3C2=O)C(=O)N1. The number of aromatic nitrogens is 1. The molecular weight excluding hydrogens is 478 g/mol. The number of likely N-dealkylation sites (tertiary alicyclic amines) is 1. The zero-order valence-electron chi connectivity index (χ0n) is 19.9. The summed E-state index contributed by atoms with van der Waals surface area (Å²) in [6.45, 7) is 1.43. The Morgan fingerprint density at radius 2 is 1.78 bits per heavy atom. The molecular formula is C28H24F2N4O3. The number of hydrogen-bond donors (Lipinski definition) is 1. The summed E-state index contributed by atoms with van der Waals surface area (Å²) >= 11 is 0. The first-order chi connectivity index (χ1) is 17.9. The van der Waals surface area contributed by atoms with E-state index in [0.29, 0.717) is 28.8 Å². The van der Waals surface area contributed by atoms with Gasteiger partial charge < -0.3 is 4.90 Å². The Morgan fingerprint density at radius 1 is 0.973 bits per heavy atom. The summed E-state index contributed by atoms with van der Waals surface area (Å²) in [6.07, 6.45) is 2.97. The van der Waals surface area contributed by atoms with Crippen LogP contribution >= 0.6 is 0 Å². The van der Waals surface area contributed by atoms with E-state index in [1.165, 1.54) is 17.0 Å². The number of rotatable bonds is 5. The molecule has 4 heterocycles. The molecule has 37 heavy (non-hydrogen) atoms. The van der Waals surface area contributed by atoms with Crippen LogP contribution in [0, 0.1) is 11.6 Å². The van der Waals surface area contributed by atoms with Crippen molar-refractivity contribution in [2.24, 2.45) is 0 Å². The summed E-state index contributed by atoms with van der Waals surface area (Å²) in [4.78, 5) is 44.7. The highest BCUT2D eigenvalue weighted by Crippen LogP contribution is 2.36. The van der Waals surface area contributed by atoms with Gasteiger partial charge in [0.25, 0.3) is 5.91 Å². The molecule has 2 unspecified atom stereocenters. The average molecular weight is 503 g/mol. The minimum absolute atomic E-state index is 0.112. The first-order valence-electron chi connectivity index (χ1n) is 12.3. The Morgan fingerprint density at radius 3 is 2.51 bits per heavy atom. The number of halogens is 2. The average Bonchev–Trinajstić information content (AvgIpc) is 3.19. The van der Waals surface area contributed by atoms with Crippen LogP contribution in [0.25, 0.3) is 11.3 Å². The lowest BCUT2D eigenvalue weighted by molar-refractivity contribution is -0.136. The summed E-state index contributed by atoms with van der Waals surface area (Å²) in [7, 11) is 0. The molecule has 0 radical (unpaired) electrons. The van der Waals surface area contributed by atoms with E-state index in [4.69, 9.17) is 0 Å². The van der Waals surface area contributed by atoms with E-state index < -0.39 is 17.8 Å². The third-order valence-corrected chi connectivity index (χ3v) is 7.52. The fourth-order valence-electron chi connectivity index (χ4n) is 5.44. The Hall–Kier alpha value is -3.98. The maximum absolute atomic E-state index is 15.6. The van der Waals surface area contributed by atoms with Crippen molar-refractivity contribution >= 4 is 17.7 Å². The maximum atomic E-state index is 15.6. The zero-order chi connectivity index (χ0) is 25.7. The highest BCUT2D eigenvalue weighted by Gasteiger charge is 2.39. The third-order valence-electron chi connectivity index (χ3n) is 7.52. The molecule has 0 bridgehead atoms. The van der Waals surface area contributed by atoms with Gasteiger partial charge in [0.1, 0.15) is 17.6 Å². The molecule has 0 aliphatic carbocycles. The number of pyridine rings is 1. The number of nitrogens with one attached hydrogen (secondary N) is 1. The van der Waals surface area contributed by atoms with Gasteiger partial charge in [-0.3, -0.25) is 29.6 Å². The highest BCUT2D eigenvalue weighted by atomic mass is 19.1. The van der Waals surface area contributed by atoms with E-state index in [-0.39, 0.29) is 48.8 Å². The molecule has 2 atom stereocenters. The lowest BCUT2D eigenvalue weighted by Gasteiger charge is -2.41. The molecule has 3 amide bonds. The summed E-state index contributed by atoms with van der Waals surface area (Å²) in [5, 5.41) is 2.29. The summed E-state index contributed by atoms with van der Waals surface area (Å²) < 4.78 is 28.9. The van der Waals surface area contributed by atoms with Crippen molar-refractivity contribution in [1.29, 1.82) is 0 Å². The second-order valence-corrected chi connectivity index (χ2v) is 9.73. The molecule has 9 heteroatoms. The topological polar surface area (TPSA) is 82.6 Å². The molecule has 2 aromatic carbocycles. The van der Waals surface area contributed by atoms with Gasteiger partial charge in [-0.2, -0.15) is 0 Å². The van der Waals surface area contributed by atoms with Crippen molar-refractivity contribution in [3.05, 3.63) is 88.6 Å². The molecule has 3 aromatic rings. The summed E-state index contributed by atoms with van der Waals surface area (Å²) in [6, 6.07) is 12.6. The van der Waals surface area contributed by atoms with Crippen LogP contribution in [0.15, 0.2) is 54.7 Å². The first kappa shape index (κ1) is 23.4. The van der Waals surface area contributed by atoms with Gasteiger partial charge in [-0.1, -0.05) is 18.2 Å². The van der Waals surface area contributed by atoms with Gasteiger partial charge in [0.2, 0.25) is 11.8 Å². The molecule has 1 N–H and O–H groups in total. The molecule has 3 aliphatic heterocycles. The van der Waals surface area contributed by atoms with Crippen LogP contribution in [0.3, 0.4) is 0 Å². The van der Waals surface area contributed by atoms with E-state index in [2.05, 4.69) is 15.2 Å². The number of imide groups is 1. The molecule has 1 aromatic heterocycles. The van der Waals surface area contributed by atoms with Crippen LogP contribution in [0.1, 0.15) is 52.4 Å². The third kappa shape index (κ3) is 4.19. The van der Waals surface area contributed by atoms with Crippen LogP contribution in [0.5, 0.6) is 0 Å². The van der Waals surface area contributed by atoms with Gasteiger partial charge in [0, 0.05) is 55.0 Å². The van der Waals surface area contributed by atoms with E-state index in [1.807, 2.05) is 0 Å². The fraction of sp³-hybridized carbons (Fsp3) is 0.286. The highest BCUT2D eigenvalue weighted by molar-refractivity contribution is 6.05. The lowest BCUT2D eigenvalue weighted by atomic mass is 9.93. The molecule has 0 saturated carbocycles. The Bertz CT molecular complexity index is 1430. The van der Waals surface area contributed by atoms with Gasteiger partial charge in [-0.25, -0.2) is 8.78 Å². The standard InChI is InChI=1S/C28H24F2N4O3/c29-20-4-1-16(2-5-20)22-10-12-33(22)14-18-9-11-31-26(25(18)30)17-3-6-21-19(13-17)15-34(28(21)37)23-7-8-24(35)32-27(23)36/h1-6,9,11,13,22-23H,7-8,10,12,14-15H2,(H,32,35,36). The molecule has 188 valence electrons. The fourth-order valence-corrected chi connectivity index (χ4v) is 5.44. The largest absolute Gasteiger partial charge is 0.322 e. The van der Waals surface area contributed by atoms with E-state index in [9.17, 15) is 18.8 Å². The van der Waals surface area contributed by atoms with Crippen LogP contribution in [0.4, 0.5) is 8.78 Å². The number of amides is 3. The molecule has 6 rings (SSSR count). The lowest BCUT2D eigenvalue weighted by Crippen LogP contribution is -2.52. The van der Waals surface area contributed by atoms with Crippen LogP contribution in [-0.2, 0) is 22.7 Å². The van der Waals surface area contributed by atoms with Crippen LogP contribution in [-0.4, -0.2) is 45.1 Å².